The van der Waals surface area contributed by atoms with Crippen LogP contribution < -0.4 is 0 Å². The van der Waals surface area contributed by atoms with Crippen LogP contribution in [0.2, 0.25) is 0 Å². The van der Waals surface area contributed by atoms with Crippen LogP contribution in [0, 0.1) is 5.92 Å². The fourth-order valence-electron chi connectivity index (χ4n) is 2.63. The van der Waals surface area contributed by atoms with Crippen LogP contribution in [0.25, 0.3) is 0 Å². The van der Waals surface area contributed by atoms with Crippen molar-refractivity contribution in [3.05, 3.63) is 0 Å². The highest BCUT2D eigenvalue weighted by Gasteiger charge is 2.56. The van der Waals surface area contributed by atoms with Crippen molar-refractivity contribution in [2.75, 3.05) is 0 Å². The Morgan fingerprint density at radius 2 is 1.62 bits per heavy atom. The maximum atomic E-state index is 9.97. The molecule has 2 saturated heterocycles. The lowest BCUT2D eigenvalue weighted by molar-refractivity contribution is -0.279. The Kier molecular flexibility index (Phi) is 2.82. The Hall–Kier alpha value is -0.160. The minimum absolute atomic E-state index is 0.0938. The van der Waals surface area contributed by atoms with Gasteiger partial charge in [-0.3, -0.25) is 0 Å². The van der Waals surface area contributed by atoms with E-state index in [0.717, 1.165) is 6.42 Å². The molecule has 0 radical (unpaired) electrons. The molecule has 0 bridgehead atoms. The lowest BCUT2D eigenvalue weighted by Gasteiger charge is -2.46. The smallest absolute Gasteiger partial charge is 0.184 e. The summed E-state index contributed by atoms with van der Waals surface area (Å²) in [6.45, 7) is 9.91. The van der Waals surface area contributed by atoms with E-state index in [1.54, 1.807) is 0 Å². The number of fused-ring (bicyclic) bond motifs is 1. The van der Waals surface area contributed by atoms with Gasteiger partial charge in [0.15, 0.2) is 12.1 Å². The van der Waals surface area contributed by atoms with E-state index in [9.17, 15) is 5.11 Å². The molecule has 4 nitrogen and oxygen atoms in total. The van der Waals surface area contributed by atoms with Crippen LogP contribution in [-0.2, 0) is 14.2 Å². The normalized spacial score (nSPS) is 51.4. The minimum atomic E-state index is -0.895. The Bertz CT molecular complexity index is 278. The summed E-state index contributed by atoms with van der Waals surface area (Å²) < 4.78 is 17.2. The molecule has 16 heavy (non-hydrogen) atoms. The van der Waals surface area contributed by atoms with E-state index in [0.29, 0.717) is 0 Å². The van der Waals surface area contributed by atoms with Crippen LogP contribution >= 0.6 is 0 Å². The van der Waals surface area contributed by atoms with Crippen LogP contribution in [0.5, 0.6) is 0 Å². The van der Waals surface area contributed by atoms with Gasteiger partial charge in [-0.05, 0) is 27.2 Å². The van der Waals surface area contributed by atoms with Crippen molar-refractivity contribution in [3.63, 3.8) is 0 Å². The second-order valence-corrected chi connectivity index (χ2v) is 5.53. The van der Waals surface area contributed by atoms with Crippen LogP contribution in [-0.4, -0.2) is 35.0 Å². The largest absolute Gasteiger partial charge is 0.366 e. The average molecular weight is 230 g/mol. The van der Waals surface area contributed by atoms with Gasteiger partial charge in [-0.15, -0.1) is 0 Å². The van der Waals surface area contributed by atoms with E-state index in [-0.39, 0.29) is 23.7 Å². The zero-order chi connectivity index (χ0) is 12.1. The summed E-state index contributed by atoms with van der Waals surface area (Å²) in [5, 5.41) is 9.97. The first-order valence-electron chi connectivity index (χ1n) is 6.00. The van der Waals surface area contributed by atoms with Crippen molar-refractivity contribution in [2.24, 2.45) is 5.92 Å². The molecule has 2 aliphatic heterocycles. The number of ether oxygens (including phenoxy) is 3. The van der Waals surface area contributed by atoms with Gasteiger partial charge in [-0.25, -0.2) is 0 Å². The average Bonchev–Trinajstić information content (AvgIpc) is 2.52. The molecule has 0 aromatic heterocycles. The summed E-state index contributed by atoms with van der Waals surface area (Å²) in [4.78, 5) is 0. The summed E-state index contributed by atoms with van der Waals surface area (Å²) in [6, 6.07) is 0. The highest BCUT2D eigenvalue weighted by atomic mass is 16.8. The van der Waals surface area contributed by atoms with E-state index < -0.39 is 12.1 Å². The number of rotatable bonds is 1. The number of hydrogen-bond acceptors (Lipinski definition) is 4. The lowest BCUT2D eigenvalue weighted by Crippen LogP contribution is -2.57. The maximum Gasteiger partial charge on any atom is 0.184 e. The van der Waals surface area contributed by atoms with Gasteiger partial charge in [-0.2, -0.15) is 0 Å². The first-order valence-corrected chi connectivity index (χ1v) is 6.00. The summed E-state index contributed by atoms with van der Waals surface area (Å²) in [5.74, 6) is -0.430. The third kappa shape index (κ3) is 1.78. The van der Waals surface area contributed by atoms with Gasteiger partial charge in [0.1, 0.15) is 6.10 Å². The van der Waals surface area contributed by atoms with Crippen LogP contribution in [0.15, 0.2) is 0 Å². The zero-order valence-corrected chi connectivity index (χ0v) is 10.7. The summed E-state index contributed by atoms with van der Waals surface area (Å²) >= 11 is 0. The third-order valence-electron chi connectivity index (χ3n) is 3.99. The first kappa shape index (κ1) is 12.3. The third-order valence-corrected chi connectivity index (χ3v) is 3.99. The number of aliphatic hydroxyl groups excluding tert-OH is 1. The van der Waals surface area contributed by atoms with Crippen molar-refractivity contribution in [1.82, 2.24) is 0 Å². The van der Waals surface area contributed by atoms with Gasteiger partial charge in [0.05, 0.1) is 11.7 Å². The van der Waals surface area contributed by atoms with Crippen molar-refractivity contribution >= 4 is 0 Å². The second kappa shape index (κ2) is 3.67. The molecule has 0 amide bonds. The topological polar surface area (TPSA) is 47.9 Å². The molecule has 4 heteroatoms. The standard InChI is InChI=1S/C12H22O4/c1-6-12(5)7(2)8-9(10(13)16-12)15-11(3,4)14-8/h7-10,13H,6H2,1-5H3/t7-,8-,9-,10?,12+/m1/s1. The van der Waals surface area contributed by atoms with E-state index in [1.165, 1.54) is 0 Å². The number of hydrogen-bond donors (Lipinski definition) is 1. The van der Waals surface area contributed by atoms with Crippen molar-refractivity contribution in [1.29, 1.82) is 0 Å². The van der Waals surface area contributed by atoms with Crippen molar-refractivity contribution in [2.45, 2.75) is 70.9 Å². The molecule has 1 N–H and O–H groups in total. The molecule has 0 aromatic carbocycles. The fourth-order valence-corrected chi connectivity index (χ4v) is 2.63. The minimum Gasteiger partial charge on any atom is -0.366 e. The van der Waals surface area contributed by atoms with E-state index in [2.05, 4.69) is 13.8 Å². The highest BCUT2D eigenvalue weighted by Crippen LogP contribution is 2.44. The molecule has 0 aliphatic carbocycles. The lowest BCUT2D eigenvalue weighted by atomic mass is 9.79. The molecule has 2 rings (SSSR count). The first-order chi connectivity index (χ1) is 7.29. The van der Waals surface area contributed by atoms with Gasteiger partial charge in [-0.1, -0.05) is 13.8 Å². The SMILES string of the molecule is CC[C@]1(C)OC(O)[C@@H]2OC(C)(C)O[C@@H]2[C@H]1C. The Morgan fingerprint density at radius 3 is 2.19 bits per heavy atom. The summed E-state index contributed by atoms with van der Waals surface area (Å²) in [6.07, 6.45) is -0.514. The number of aliphatic hydroxyl groups is 1. The molecule has 2 aliphatic rings. The predicted octanol–water partition coefficient (Wildman–Crippen LogP) is 1.66. The molecular weight excluding hydrogens is 208 g/mol. The van der Waals surface area contributed by atoms with Crippen LogP contribution in [0.4, 0.5) is 0 Å². The molecule has 2 fully saturated rings. The molecule has 0 saturated carbocycles. The van der Waals surface area contributed by atoms with Gasteiger partial charge in [0.2, 0.25) is 0 Å². The molecule has 2 heterocycles. The van der Waals surface area contributed by atoms with Gasteiger partial charge in [0, 0.05) is 5.92 Å². The van der Waals surface area contributed by atoms with E-state index >= 15 is 0 Å². The van der Waals surface area contributed by atoms with Gasteiger partial charge in [0.25, 0.3) is 0 Å². The van der Waals surface area contributed by atoms with Crippen LogP contribution in [0.1, 0.15) is 41.0 Å². The molecule has 94 valence electrons. The molecular formula is C12H22O4. The molecule has 1 unspecified atom stereocenters. The summed E-state index contributed by atoms with van der Waals surface area (Å²) in [7, 11) is 0. The molecule has 5 atom stereocenters. The van der Waals surface area contributed by atoms with Gasteiger partial charge < -0.3 is 19.3 Å². The second-order valence-electron chi connectivity index (χ2n) is 5.53. The van der Waals surface area contributed by atoms with Crippen molar-refractivity contribution in [3.8, 4) is 0 Å². The van der Waals surface area contributed by atoms with Gasteiger partial charge >= 0.3 is 0 Å². The fraction of sp³-hybridized carbons (Fsp3) is 1.00. The maximum absolute atomic E-state index is 9.97. The van der Waals surface area contributed by atoms with Crippen molar-refractivity contribution < 1.29 is 19.3 Å². The monoisotopic (exact) mass is 230 g/mol. The predicted molar refractivity (Wildman–Crippen MR) is 58.8 cm³/mol. The zero-order valence-electron chi connectivity index (χ0n) is 10.7. The van der Waals surface area contributed by atoms with E-state index in [4.69, 9.17) is 14.2 Å². The Morgan fingerprint density at radius 1 is 1.06 bits per heavy atom. The highest BCUT2D eigenvalue weighted by molar-refractivity contribution is 4.98. The Labute approximate surface area is 96.9 Å². The quantitative estimate of drug-likeness (QED) is 0.744. The molecule has 0 aromatic rings. The Balaban J connectivity index is 2.24. The van der Waals surface area contributed by atoms with Crippen LogP contribution in [0.3, 0.4) is 0 Å². The summed E-state index contributed by atoms with van der Waals surface area (Å²) in [5.41, 5.74) is -0.343. The van der Waals surface area contributed by atoms with E-state index in [1.807, 2.05) is 20.8 Å². The molecule has 0 spiro atoms.